The van der Waals surface area contributed by atoms with Crippen LogP contribution in [0.4, 0.5) is 0 Å². The summed E-state index contributed by atoms with van der Waals surface area (Å²) in [7, 11) is 0. The van der Waals surface area contributed by atoms with Gasteiger partial charge in [0.1, 0.15) is 0 Å². The molecule has 2 aromatic carbocycles. The molecule has 0 saturated heterocycles. The van der Waals surface area contributed by atoms with Crippen molar-refractivity contribution in [1.29, 1.82) is 0 Å². The van der Waals surface area contributed by atoms with Crippen molar-refractivity contribution in [3.63, 3.8) is 0 Å². The average Bonchev–Trinajstić information content (AvgIpc) is 2.70. The van der Waals surface area contributed by atoms with E-state index < -0.39 is 11.8 Å². The molecule has 0 aromatic heterocycles. The fourth-order valence-electron chi connectivity index (χ4n) is 2.45. The van der Waals surface area contributed by atoms with E-state index in [-0.39, 0.29) is 17.7 Å². The summed E-state index contributed by atoms with van der Waals surface area (Å²) in [6.45, 7) is 1.71. The minimum absolute atomic E-state index is 0.0951. The fraction of sp³-hybridized carbons (Fsp3) is 0.143. The number of carbonyl (C=O) groups is 2. The maximum absolute atomic E-state index is 12.5. The van der Waals surface area contributed by atoms with Gasteiger partial charge in [-0.1, -0.05) is 40.5 Å². The Morgan fingerprint density at radius 2 is 1.90 bits per heavy atom. The SMILES string of the molecule is CCN(O)N1C(=O)c2cc(Cl)c3c(Cl)cccc3c2C1=O. The Labute approximate surface area is 130 Å². The van der Waals surface area contributed by atoms with Crippen molar-refractivity contribution in [2.45, 2.75) is 6.92 Å². The van der Waals surface area contributed by atoms with Gasteiger partial charge in [0.25, 0.3) is 11.8 Å². The van der Waals surface area contributed by atoms with Crippen LogP contribution in [0, 0.1) is 0 Å². The molecule has 3 rings (SSSR count). The van der Waals surface area contributed by atoms with Crippen LogP contribution in [0.3, 0.4) is 0 Å². The van der Waals surface area contributed by atoms with Gasteiger partial charge in [0.15, 0.2) is 0 Å². The van der Waals surface area contributed by atoms with Crippen LogP contribution in [0.1, 0.15) is 27.6 Å². The zero-order valence-corrected chi connectivity index (χ0v) is 12.4. The lowest BCUT2D eigenvalue weighted by Gasteiger charge is -2.21. The van der Waals surface area contributed by atoms with E-state index in [4.69, 9.17) is 23.2 Å². The first kappa shape index (κ1) is 14.3. The summed E-state index contributed by atoms with van der Waals surface area (Å²) in [5, 5.41) is 12.7. The Hall–Kier alpha value is -1.66. The van der Waals surface area contributed by atoms with Gasteiger partial charge in [-0.15, -0.1) is 0 Å². The summed E-state index contributed by atoms with van der Waals surface area (Å²) in [6, 6.07) is 6.42. The van der Waals surface area contributed by atoms with Crippen molar-refractivity contribution in [1.82, 2.24) is 10.2 Å². The van der Waals surface area contributed by atoms with Gasteiger partial charge in [-0.25, -0.2) is 0 Å². The first-order valence-electron chi connectivity index (χ1n) is 6.23. The Morgan fingerprint density at radius 1 is 1.19 bits per heavy atom. The molecule has 1 aliphatic heterocycles. The second kappa shape index (κ2) is 4.96. The number of hydrogen-bond donors (Lipinski definition) is 1. The highest BCUT2D eigenvalue weighted by Crippen LogP contribution is 2.38. The third-order valence-electron chi connectivity index (χ3n) is 3.40. The number of benzene rings is 2. The van der Waals surface area contributed by atoms with Gasteiger partial charge >= 0.3 is 0 Å². The molecule has 7 heteroatoms. The van der Waals surface area contributed by atoms with E-state index in [1.165, 1.54) is 6.07 Å². The third-order valence-corrected chi connectivity index (χ3v) is 4.02. The molecule has 2 aromatic rings. The Balaban J connectivity index is 2.34. The molecule has 2 amide bonds. The van der Waals surface area contributed by atoms with Crippen molar-refractivity contribution >= 4 is 45.8 Å². The molecule has 1 aliphatic rings. The van der Waals surface area contributed by atoms with Crippen LogP contribution in [0.15, 0.2) is 24.3 Å². The van der Waals surface area contributed by atoms with Crippen molar-refractivity contribution in [3.05, 3.63) is 45.4 Å². The molecule has 0 radical (unpaired) electrons. The number of imide groups is 1. The van der Waals surface area contributed by atoms with E-state index in [0.29, 0.717) is 31.0 Å². The zero-order valence-electron chi connectivity index (χ0n) is 10.9. The van der Waals surface area contributed by atoms with Gasteiger partial charge < -0.3 is 0 Å². The quantitative estimate of drug-likeness (QED) is 0.679. The molecule has 0 aliphatic carbocycles. The lowest BCUT2D eigenvalue weighted by Crippen LogP contribution is -2.44. The second-order valence-corrected chi connectivity index (χ2v) is 5.37. The summed E-state index contributed by atoms with van der Waals surface area (Å²) < 4.78 is 0. The van der Waals surface area contributed by atoms with Gasteiger partial charge in [-0.05, 0) is 24.4 Å². The van der Waals surface area contributed by atoms with Crippen molar-refractivity contribution < 1.29 is 14.8 Å². The highest BCUT2D eigenvalue weighted by molar-refractivity contribution is 6.44. The van der Waals surface area contributed by atoms with E-state index in [1.54, 1.807) is 25.1 Å². The predicted molar refractivity (Wildman–Crippen MR) is 78.6 cm³/mol. The van der Waals surface area contributed by atoms with Gasteiger partial charge in [-0.2, -0.15) is 5.01 Å². The topological polar surface area (TPSA) is 60.9 Å². The summed E-state index contributed by atoms with van der Waals surface area (Å²) >= 11 is 12.3. The van der Waals surface area contributed by atoms with E-state index in [2.05, 4.69) is 0 Å². The molecule has 0 bridgehead atoms. The van der Waals surface area contributed by atoms with Crippen LogP contribution >= 0.6 is 23.2 Å². The van der Waals surface area contributed by atoms with Crippen LogP contribution < -0.4 is 0 Å². The minimum Gasteiger partial charge on any atom is -0.294 e. The number of fused-ring (bicyclic) bond motifs is 3. The number of hydroxylamine groups is 1. The fourth-order valence-corrected chi connectivity index (χ4v) is 3.09. The first-order chi connectivity index (χ1) is 9.97. The summed E-state index contributed by atoms with van der Waals surface area (Å²) in [6.07, 6.45) is 0. The largest absolute Gasteiger partial charge is 0.294 e. The maximum Gasteiger partial charge on any atom is 0.278 e. The summed E-state index contributed by atoms with van der Waals surface area (Å²) in [5.41, 5.74) is 0.363. The molecule has 0 spiro atoms. The summed E-state index contributed by atoms with van der Waals surface area (Å²) in [5.74, 6) is -1.20. The third kappa shape index (κ3) is 1.93. The van der Waals surface area contributed by atoms with Crippen molar-refractivity contribution in [2.75, 3.05) is 6.54 Å². The second-order valence-electron chi connectivity index (χ2n) is 4.55. The van der Waals surface area contributed by atoms with Gasteiger partial charge in [0, 0.05) is 17.0 Å². The molecule has 0 saturated carbocycles. The lowest BCUT2D eigenvalue weighted by atomic mass is 10.0. The summed E-state index contributed by atoms with van der Waals surface area (Å²) in [4.78, 5) is 24.8. The van der Waals surface area contributed by atoms with Crippen LogP contribution in [0.25, 0.3) is 10.8 Å². The van der Waals surface area contributed by atoms with Gasteiger partial charge in [0.05, 0.1) is 16.1 Å². The Bertz CT molecular complexity index is 791. The highest BCUT2D eigenvalue weighted by Gasteiger charge is 2.40. The van der Waals surface area contributed by atoms with E-state index >= 15 is 0 Å². The normalized spacial score (nSPS) is 14.4. The van der Waals surface area contributed by atoms with Crippen LogP contribution in [0.2, 0.25) is 10.0 Å². The number of hydrazine groups is 1. The molecule has 0 atom stereocenters. The Kier molecular flexibility index (Phi) is 3.37. The number of halogens is 2. The molecule has 0 unspecified atom stereocenters. The van der Waals surface area contributed by atoms with Crippen molar-refractivity contribution in [2.24, 2.45) is 0 Å². The zero-order chi connectivity index (χ0) is 15.3. The molecule has 21 heavy (non-hydrogen) atoms. The van der Waals surface area contributed by atoms with Crippen LogP contribution in [-0.4, -0.2) is 33.7 Å². The number of hydrogen-bond acceptors (Lipinski definition) is 4. The van der Waals surface area contributed by atoms with Crippen LogP contribution in [-0.2, 0) is 0 Å². The molecule has 5 nitrogen and oxygen atoms in total. The highest BCUT2D eigenvalue weighted by atomic mass is 35.5. The standard InChI is InChI=1S/C14H10Cl2N2O3/c1-2-17(21)18-13(19)8-6-10(16)12-7(11(8)14(18)20)4-3-5-9(12)15/h3-6,21H,2H2,1H3. The average molecular weight is 325 g/mol. The number of carbonyl (C=O) groups excluding carboxylic acids is 2. The maximum atomic E-state index is 12.5. The van der Waals surface area contributed by atoms with E-state index in [0.717, 1.165) is 0 Å². The molecule has 0 fully saturated rings. The number of amides is 2. The van der Waals surface area contributed by atoms with Crippen LogP contribution in [0.5, 0.6) is 0 Å². The first-order valence-corrected chi connectivity index (χ1v) is 6.98. The molecule has 108 valence electrons. The van der Waals surface area contributed by atoms with Gasteiger partial charge in [0.2, 0.25) is 0 Å². The smallest absolute Gasteiger partial charge is 0.278 e. The monoisotopic (exact) mass is 324 g/mol. The lowest BCUT2D eigenvalue weighted by molar-refractivity contribution is -0.194. The van der Waals surface area contributed by atoms with E-state index in [1.807, 2.05) is 0 Å². The van der Waals surface area contributed by atoms with E-state index in [9.17, 15) is 14.8 Å². The molecular formula is C14H10Cl2N2O3. The Morgan fingerprint density at radius 3 is 2.57 bits per heavy atom. The van der Waals surface area contributed by atoms with Crippen molar-refractivity contribution in [3.8, 4) is 0 Å². The number of rotatable bonds is 2. The number of nitrogens with zero attached hydrogens (tertiary/aromatic N) is 2. The molecular weight excluding hydrogens is 315 g/mol. The molecule has 1 N–H and O–H groups in total. The predicted octanol–water partition coefficient (Wildman–Crippen LogP) is 3.37. The van der Waals surface area contributed by atoms with Gasteiger partial charge in [-0.3, -0.25) is 14.8 Å². The molecule has 1 heterocycles. The minimum atomic E-state index is -0.608.